The molecule has 0 aliphatic rings. The van der Waals surface area contributed by atoms with Gasteiger partial charge in [-0.15, -0.1) is 0 Å². The molecule has 0 aromatic heterocycles. The number of carbonyl (C=O) groups excluding carboxylic acids is 2. The van der Waals surface area contributed by atoms with Gasteiger partial charge in [-0.05, 0) is 71.2 Å². The normalized spacial score (nSPS) is 11.9. The number of hydrogen-bond donors (Lipinski definition) is 1. The molecule has 3 aromatic rings. The third-order valence-electron chi connectivity index (χ3n) is 5.04. The van der Waals surface area contributed by atoms with Gasteiger partial charge >= 0.3 is 0 Å². The van der Waals surface area contributed by atoms with Crippen molar-refractivity contribution in [2.45, 2.75) is 39.4 Å². The number of halogens is 2. The number of fused-ring (bicyclic) bond motifs is 1. The van der Waals surface area contributed by atoms with Crippen molar-refractivity contribution >= 4 is 50.1 Å². The van der Waals surface area contributed by atoms with Gasteiger partial charge in [0.15, 0.2) is 6.61 Å². The minimum Gasteiger partial charge on any atom is -0.483 e. The smallest absolute Gasteiger partial charge is 0.261 e. The zero-order chi connectivity index (χ0) is 23.3. The number of benzene rings is 3. The van der Waals surface area contributed by atoms with Crippen LogP contribution in [0, 0.1) is 0 Å². The molecule has 7 heteroatoms. The molecule has 1 N–H and O–H groups in total. The summed E-state index contributed by atoms with van der Waals surface area (Å²) in [4.78, 5) is 27.3. The van der Waals surface area contributed by atoms with Crippen LogP contribution in [0.25, 0.3) is 10.8 Å². The highest BCUT2D eigenvalue weighted by atomic mass is 79.9. The van der Waals surface area contributed by atoms with E-state index in [0.29, 0.717) is 10.8 Å². The topological polar surface area (TPSA) is 58.6 Å². The van der Waals surface area contributed by atoms with E-state index in [1.807, 2.05) is 62.4 Å². The SMILES string of the molecule is CC(C)NC(=O)[C@@H](C)N(Cc1ccc(Cl)cc1)C(=O)COc1ccc2ccccc2c1Br. The highest BCUT2D eigenvalue weighted by Crippen LogP contribution is 2.33. The maximum Gasteiger partial charge on any atom is 0.261 e. The van der Waals surface area contributed by atoms with Crippen molar-refractivity contribution in [1.29, 1.82) is 0 Å². The quantitative estimate of drug-likeness (QED) is 0.425. The van der Waals surface area contributed by atoms with Gasteiger partial charge in [0.25, 0.3) is 5.91 Å². The van der Waals surface area contributed by atoms with Crippen molar-refractivity contribution in [2.75, 3.05) is 6.61 Å². The second kappa shape index (κ2) is 10.8. The van der Waals surface area contributed by atoms with Crippen molar-refractivity contribution in [3.63, 3.8) is 0 Å². The third kappa shape index (κ3) is 6.02. The first kappa shape index (κ1) is 24.1. The summed E-state index contributed by atoms with van der Waals surface area (Å²) in [7, 11) is 0. The van der Waals surface area contributed by atoms with Gasteiger partial charge < -0.3 is 15.0 Å². The van der Waals surface area contributed by atoms with E-state index in [9.17, 15) is 9.59 Å². The fraction of sp³-hybridized carbons (Fsp3) is 0.280. The molecule has 0 saturated heterocycles. The van der Waals surface area contributed by atoms with Gasteiger partial charge in [0.1, 0.15) is 11.8 Å². The summed E-state index contributed by atoms with van der Waals surface area (Å²) >= 11 is 9.57. The van der Waals surface area contributed by atoms with Gasteiger partial charge in [0.2, 0.25) is 5.91 Å². The van der Waals surface area contributed by atoms with Crippen LogP contribution in [0.15, 0.2) is 65.1 Å². The Kier molecular flexibility index (Phi) is 8.15. The predicted octanol–water partition coefficient (Wildman–Crippen LogP) is 5.58. The molecule has 168 valence electrons. The molecule has 0 unspecified atom stereocenters. The van der Waals surface area contributed by atoms with Crippen LogP contribution in [0.4, 0.5) is 0 Å². The first-order chi connectivity index (χ1) is 15.3. The van der Waals surface area contributed by atoms with Crippen LogP contribution in [0.1, 0.15) is 26.3 Å². The molecular weight excluding hydrogens is 492 g/mol. The van der Waals surface area contributed by atoms with E-state index in [0.717, 1.165) is 20.8 Å². The summed E-state index contributed by atoms with van der Waals surface area (Å²) in [6.45, 7) is 5.57. The van der Waals surface area contributed by atoms with Crippen molar-refractivity contribution in [3.05, 3.63) is 75.7 Å². The molecule has 32 heavy (non-hydrogen) atoms. The van der Waals surface area contributed by atoms with Gasteiger partial charge in [-0.2, -0.15) is 0 Å². The molecule has 1 atom stereocenters. The fourth-order valence-corrected chi connectivity index (χ4v) is 4.06. The summed E-state index contributed by atoms with van der Waals surface area (Å²) in [5, 5.41) is 5.56. The molecule has 3 rings (SSSR count). The molecule has 0 fully saturated rings. The van der Waals surface area contributed by atoms with Crippen LogP contribution in [-0.4, -0.2) is 35.4 Å². The number of nitrogens with zero attached hydrogens (tertiary/aromatic N) is 1. The maximum atomic E-state index is 13.2. The van der Waals surface area contributed by atoms with Crippen LogP contribution in [0.2, 0.25) is 5.02 Å². The van der Waals surface area contributed by atoms with Crippen LogP contribution in [-0.2, 0) is 16.1 Å². The Morgan fingerprint density at radius 3 is 2.41 bits per heavy atom. The monoisotopic (exact) mass is 516 g/mol. The summed E-state index contributed by atoms with van der Waals surface area (Å²) in [6, 6.07) is 18.2. The molecule has 3 aromatic carbocycles. The molecule has 0 radical (unpaired) electrons. The number of hydrogen-bond acceptors (Lipinski definition) is 3. The van der Waals surface area contributed by atoms with Crippen LogP contribution in [0.5, 0.6) is 5.75 Å². The van der Waals surface area contributed by atoms with Crippen molar-refractivity contribution in [2.24, 2.45) is 0 Å². The van der Waals surface area contributed by atoms with Crippen LogP contribution in [0.3, 0.4) is 0 Å². The van der Waals surface area contributed by atoms with E-state index in [1.54, 1.807) is 19.1 Å². The number of rotatable bonds is 8. The highest BCUT2D eigenvalue weighted by Gasteiger charge is 2.27. The molecular formula is C25H26BrClN2O3. The summed E-state index contributed by atoms with van der Waals surface area (Å²) in [5.74, 6) is 0.0726. The van der Waals surface area contributed by atoms with Crippen LogP contribution < -0.4 is 10.1 Å². The van der Waals surface area contributed by atoms with E-state index in [4.69, 9.17) is 16.3 Å². The summed E-state index contributed by atoms with van der Waals surface area (Å²) in [6.07, 6.45) is 0. The Bertz CT molecular complexity index is 1100. The zero-order valence-electron chi connectivity index (χ0n) is 18.3. The highest BCUT2D eigenvalue weighted by molar-refractivity contribution is 9.10. The third-order valence-corrected chi connectivity index (χ3v) is 6.11. The Morgan fingerprint density at radius 2 is 1.72 bits per heavy atom. The molecule has 0 aliphatic heterocycles. The van der Waals surface area contributed by atoms with E-state index >= 15 is 0 Å². The zero-order valence-corrected chi connectivity index (χ0v) is 20.6. The molecule has 0 spiro atoms. The van der Waals surface area contributed by atoms with Crippen molar-refractivity contribution < 1.29 is 14.3 Å². The lowest BCUT2D eigenvalue weighted by molar-refractivity contribution is -0.142. The lowest BCUT2D eigenvalue weighted by Gasteiger charge is -2.29. The summed E-state index contributed by atoms with van der Waals surface area (Å²) in [5.41, 5.74) is 0.874. The van der Waals surface area contributed by atoms with Crippen LogP contribution >= 0.6 is 27.5 Å². The molecule has 0 bridgehead atoms. The first-order valence-electron chi connectivity index (χ1n) is 10.4. The predicted molar refractivity (Wildman–Crippen MR) is 132 cm³/mol. The van der Waals surface area contributed by atoms with E-state index < -0.39 is 6.04 Å². The lowest BCUT2D eigenvalue weighted by atomic mass is 10.1. The van der Waals surface area contributed by atoms with Gasteiger partial charge in [-0.25, -0.2) is 0 Å². The minimum absolute atomic E-state index is 0.0257. The lowest BCUT2D eigenvalue weighted by Crippen LogP contribution is -2.50. The Balaban J connectivity index is 1.78. The Hall–Kier alpha value is -2.57. The average Bonchev–Trinajstić information content (AvgIpc) is 2.77. The number of ether oxygens (including phenoxy) is 1. The van der Waals surface area contributed by atoms with Crippen molar-refractivity contribution in [3.8, 4) is 5.75 Å². The van der Waals surface area contributed by atoms with E-state index in [-0.39, 0.29) is 31.0 Å². The molecule has 0 heterocycles. The van der Waals surface area contributed by atoms with Crippen molar-refractivity contribution in [1.82, 2.24) is 10.2 Å². The molecule has 5 nitrogen and oxygen atoms in total. The maximum absolute atomic E-state index is 13.2. The number of carbonyl (C=O) groups is 2. The Labute approximate surface area is 201 Å². The summed E-state index contributed by atoms with van der Waals surface area (Å²) < 4.78 is 6.65. The van der Waals surface area contributed by atoms with Gasteiger partial charge in [0, 0.05) is 17.6 Å². The Morgan fingerprint density at radius 1 is 1.03 bits per heavy atom. The second-order valence-corrected chi connectivity index (χ2v) is 9.10. The van der Waals surface area contributed by atoms with E-state index in [1.165, 1.54) is 4.90 Å². The first-order valence-corrected chi connectivity index (χ1v) is 11.6. The standard InChI is InChI=1S/C25H26BrClN2O3/c1-16(2)28-25(31)17(3)29(14-18-8-11-20(27)12-9-18)23(30)15-32-22-13-10-19-6-4-5-7-21(19)24(22)26/h4-13,16-17H,14-15H2,1-3H3,(H,28,31)/t17-/m1/s1. The van der Waals surface area contributed by atoms with E-state index in [2.05, 4.69) is 21.2 Å². The average molecular weight is 518 g/mol. The largest absolute Gasteiger partial charge is 0.483 e. The van der Waals surface area contributed by atoms with Gasteiger partial charge in [-0.3, -0.25) is 9.59 Å². The second-order valence-electron chi connectivity index (χ2n) is 7.87. The minimum atomic E-state index is -0.663. The number of nitrogens with one attached hydrogen (secondary N) is 1. The molecule has 0 saturated carbocycles. The number of amides is 2. The van der Waals surface area contributed by atoms with Gasteiger partial charge in [0.05, 0.1) is 4.47 Å². The molecule has 2 amide bonds. The fourth-order valence-electron chi connectivity index (χ4n) is 3.32. The molecule has 0 aliphatic carbocycles. The van der Waals surface area contributed by atoms with Gasteiger partial charge in [-0.1, -0.05) is 54.1 Å².